The zero-order valence-corrected chi connectivity index (χ0v) is 19.7. The topological polar surface area (TPSA) is 100 Å². The molecule has 2 heterocycles. The third-order valence-corrected chi connectivity index (χ3v) is 5.92. The van der Waals surface area contributed by atoms with Crippen LogP contribution < -0.4 is 5.32 Å². The number of hydrogen-bond donors (Lipinski definition) is 3. The Morgan fingerprint density at radius 3 is 2.57 bits per heavy atom. The van der Waals surface area contributed by atoms with Gasteiger partial charge in [0.2, 0.25) is 0 Å². The van der Waals surface area contributed by atoms with Crippen LogP contribution in [-0.4, -0.2) is 52.1 Å². The normalized spacial score (nSPS) is 12.8. The Bertz CT molecular complexity index is 1280. The average Bonchev–Trinajstić information content (AvgIpc) is 3.26. The molecular formula is C26H24ClFN4O3. The molecule has 0 saturated carbocycles. The van der Waals surface area contributed by atoms with E-state index in [4.69, 9.17) is 16.3 Å². The number of carbonyl (C=O) groups is 1. The smallest absolute Gasteiger partial charge is 0.252 e. The van der Waals surface area contributed by atoms with Gasteiger partial charge in [0.15, 0.2) is 5.82 Å². The van der Waals surface area contributed by atoms with Crippen molar-refractivity contribution in [2.24, 2.45) is 0 Å². The summed E-state index contributed by atoms with van der Waals surface area (Å²) < 4.78 is 20.8. The van der Waals surface area contributed by atoms with Crippen LogP contribution in [0.1, 0.15) is 16.1 Å². The summed E-state index contributed by atoms with van der Waals surface area (Å²) >= 11 is 5.94. The van der Waals surface area contributed by atoms with Gasteiger partial charge in [0.05, 0.1) is 12.6 Å². The summed E-state index contributed by atoms with van der Waals surface area (Å²) in [5.41, 5.74) is 2.10. The van der Waals surface area contributed by atoms with Crippen molar-refractivity contribution in [1.82, 2.24) is 20.5 Å². The first-order valence-corrected chi connectivity index (χ1v) is 11.3. The monoisotopic (exact) mass is 494 g/mol. The Kier molecular flexibility index (Phi) is 7.87. The van der Waals surface area contributed by atoms with E-state index in [-0.39, 0.29) is 23.6 Å². The van der Waals surface area contributed by atoms with E-state index in [2.05, 4.69) is 20.5 Å². The number of aromatic nitrogens is 3. The fraction of sp³-hybridized carbons (Fsp3) is 0.192. The Hall–Kier alpha value is -3.59. The van der Waals surface area contributed by atoms with Gasteiger partial charge in [0, 0.05) is 47.1 Å². The van der Waals surface area contributed by atoms with Crippen LogP contribution in [0.3, 0.4) is 0 Å². The molecule has 0 aliphatic heterocycles. The SMILES string of the molecule is CO[C@H](CO)[C@@H](Cc1ccccn1)NC(=O)c1ccccc1-c1[nH]nc(-c2ccc(Cl)cc2)c1F. The summed E-state index contributed by atoms with van der Waals surface area (Å²) in [5, 5.41) is 20.1. The number of nitrogens with one attached hydrogen (secondary N) is 2. The zero-order valence-electron chi connectivity index (χ0n) is 18.9. The predicted molar refractivity (Wildman–Crippen MR) is 132 cm³/mol. The second-order valence-corrected chi connectivity index (χ2v) is 8.31. The maximum atomic E-state index is 15.4. The lowest BCUT2D eigenvalue weighted by atomic mass is 10.00. The highest BCUT2D eigenvalue weighted by Gasteiger charge is 2.26. The summed E-state index contributed by atoms with van der Waals surface area (Å²) in [5.74, 6) is -1.03. The molecule has 0 bridgehead atoms. The minimum absolute atomic E-state index is 0.0902. The van der Waals surface area contributed by atoms with Crippen molar-refractivity contribution in [2.45, 2.75) is 18.6 Å². The molecule has 35 heavy (non-hydrogen) atoms. The van der Waals surface area contributed by atoms with Crippen LogP contribution >= 0.6 is 11.6 Å². The van der Waals surface area contributed by atoms with Crippen LogP contribution in [0.25, 0.3) is 22.5 Å². The predicted octanol–water partition coefficient (Wildman–Crippen LogP) is 4.28. The molecule has 0 unspecified atom stereocenters. The van der Waals surface area contributed by atoms with Crippen molar-refractivity contribution < 1.29 is 19.0 Å². The van der Waals surface area contributed by atoms with Gasteiger partial charge in [-0.25, -0.2) is 4.39 Å². The molecule has 1 amide bonds. The number of nitrogens with zero attached hydrogens (tertiary/aromatic N) is 2. The molecular weight excluding hydrogens is 471 g/mol. The summed E-state index contributed by atoms with van der Waals surface area (Å²) in [6, 6.07) is 18.2. The quantitative estimate of drug-likeness (QED) is 0.322. The van der Waals surface area contributed by atoms with Gasteiger partial charge >= 0.3 is 0 Å². The van der Waals surface area contributed by atoms with Gasteiger partial charge < -0.3 is 15.2 Å². The fourth-order valence-corrected chi connectivity index (χ4v) is 3.96. The van der Waals surface area contributed by atoms with Crippen LogP contribution in [-0.2, 0) is 11.2 Å². The zero-order chi connectivity index (χ0) is 24.8. The van der Waals surface area contributed by atoms with Crippen molar-refractivity contribution in [2.75, 3.05) is 13.7 Å². The highest BCUT2D eigenvalue weighted by Crippen LogP contribution is 2.31. The first-order chi connectivity index (χ1) is 17.0. The van der Waals surface area contributed by atoms with E-state index in [1.165, 1.54) is 7.11 Å². The first-order valence-electron chi connectivity index (χ1n) is 11.0. The highest BCUT2D eigenvalue weighted by molar-refractivity contribution is 6.30. The summed E-state index contributed by atoms with van der Waals surface area (Å²) in [6.45, 7) is -0.296. The lowest BCUT2D eigenvalue weighted by molar-refractivity contribution is 0.0214. The number of benzene rings is 2. The van der Waals surface area contributed by atoms with E-state index in [9.17, 15) is 9.90 Å². The van der Waals surface area contributed by atoms with E-state index in [0.717, 1.165) is 5.69 Å². The van der Waals surface area contributed by atoms with Gasteiger partial charge in [-0.1, -0.05) is 48.0 Å². The Morgan fingerprint density at radius 1 is 1.14 bits per heavy atom. The number of halogens is 2. The largest absolute Gasteiger partial charge is 0.394 e. The molecule has 0 saturated heterocycles. The third-order valence-electron chi connectivity index (χ3n) is 5.67. The minimum atomic E-state index is -0.659. The van der Waals surface area contributed by atoms with Crippen molar-refractivity contribution in [1.29, 1.82) is 0 Å². The van der Waals surface area contributed by atoms with Crippen molar-refractivity contribution in [3.05, 3.63) is 95.0 Å². The molecule has 180 valence electrons. The van der Waals surface area contributed by atoms with E-state index >= 15 is 4.39 Å². The minimum Gasteiger partial charge on any atom is -0.394 e. The van der Waals surface area contributed by atoms with Crippen LogP contribution in [0.4, 0.5) is 4.39 Å². The maximum absolute atomic E-state index is 15.4. The highest BCUT2D eigenvalue weighted by atomic mass is 35.5. The first kappa shape index (κ1) is 24.5. The number of aliphatic hydroxyl groups is 1. The van der Waals surface area contributed by atoms with Crippen LogP contribution in [0.5, 0.6) is 0 Å². The summed E-state index contributed by atoms with van der Waals surface area (Å²) in [4.78, 5) is 17.7. The van der Waals surface area contributed by atoms with Crippen molar-refractivity contribution >= 4 is 17.5 Å². The molecule has 2 aromatic carbocycles. The number of H-pyrrole nitrogens is 1. The third kappa shape index (κ3) is 5.57. The van der Waals surface area contributed by atoms with Crippen molar-refractivity contribution in [3.63, 3.8) is 0 Å². The van der Waals surface area contributed by atoms with E-state index < -0.39 is 23.9 Å². The molecule has 4 aromatic rings. The number of ether oxygens (including phenoxy) is 1. The molecule has 0 spiro atoms. The molecule has 0 aliphatic carbocycles. The molecule has 0 radical (unpaired) electrons. The van der Waals surface area contributed by atoms with E-state index in [1.54, 1.807) is 60.8 Å². The second kappa shape index (κ2) is 11.2. The number of amides is 1. The molecule has 3 N–H and O–H groups in total. The number of methoxy groups -OCH3 is 1. The number of carbonyl (C=O) groups excluding carboxylic acids is 1. The Balaban J connectivity index is 1.64. The average molecular weight is 495 g/mol. The summed E-state index contributed by atoms with van der Waals surface area (Å²) in [6.07, 6.45) is 1.34. The molecule has 9 heteroatoms. The molecule has 2 atom stereocenters. The lowest BCUT2D eigenvalue weighted by Crippen LogP contribution is -2.47. The van der Waals surface area contributed by atoms with Gasteiger partial charge in [0.25, 0.3) is 5.91 Å². The molecule has 7 nitrogen and oxygen atoms in total. The van der Waals surface area contributed by atoms with E-state index in [0.29, 0.717) is 22.6 Å². The standard InChI is InChI=1S/C26H24ClFN4O3/c1-35-22(15-33)21(14-18-6-4-5-13-29-18)30-26(34)20-8-3-2-7-19(20)25-23(28)24(31-32-25)16-9-11-17(27)12-10-16/h2-13,21-22,33H,14-15H2,1H3,(H,30,34)(H,31,32)/t21-,22-/m1/s1. The summed E-state index contributed by atoms with van der Waals surface area (Å²) in [7, 11) is 1.46. The number of pyridine rings is 1. The Labute approximate surface area is 206 Å². The van der Waals surface area contributed by atoms with Crippen LogP contribution in [0.2, 0.25) is 5.02 Å². The van der Waals surface area contributed by atoms with Crippen molar-refractivity contribution in [3.8, 4) is 22.5 Å². The van der Waals surface area contributed by atoms with Gasteiger partial charge in [0.1, 0.15) is 17.5 Å². The molecule has 4 rings (SSSR count). The number of rotatable bonds is 9. The van der Waals surface area contributed by atoms with E-state index in [1.807, 2.05) is 12.1 Å². The number of hydrogen-bond acceptors (Lipinski definition) is 5. The van der Waals surface area contributed by atoms with Gasteiger partial charge in [-0.05, 0) is 30.3 Å². The number of aliphatic hydroxyl groups excluding tert-OH is 1. The maximum Gasteiger partial charge on any atom is 0.252 e. The Morgan fingerprint density at radius 2 is 1.89 bits per heavy atom. The molecule has 2 aromatic heterocycles. The van der Waals surface area contributed by atoms with Gasteiger partial charge in [-0.15, -0.1) is 0 Å². The second-order valence-electron chi connectivity index (χ2n) is 7.88. The fourth-order valence-electron chi connectivity index (χ4n) is 3.84. The van der Waals surface area contributed by atoms with Gasteiger partial charge in [-0.3, -0.25) is 14.9 Å². The number of aromatic amines is 1. The molecule has 0 aliphatic rings. The van der Waals surface area contributed by atoms with Gasteiger partial charge in [-0.2, -0.15) is 5.10 Å². The van der Waals surface area contributed by atoms with Crippen LogP contribution in [0.15, 0.2) is 72.9 Å². The molecule has 0 fully saturated rings. The lowest BCUT2D eigenvalue weighted by Gasteiger charge is -2.26. The van der Waals surface area contributed by atoms with Crippen LogP contribution in [0, 0.1) is 5.82 Å².